The van der Waals surface area contributed by atoms with Crippen molar-refractivity contribution < 1.29 is 9.53 Å². The minimum absolute atomic E-state index is 0.134. The third-order valence-electron chi connectivity index (χ3n) is 2.03. The minimum atomic E-state index is 0.134. The van der Waals surface area contributed by atoms with Gasteiger partial charge in [0.25, 0.3) is 0 Å². The highest BCUT2D eigenvalue weighted by Crippen LogP contribution is 2.30. The second kappa shape index (κ2) is 5.19. The predicted octanol–water partition coefficient (Wildman–Crippen LogP) is 2.37. The van der Waals surface area contributed by atoms with Crippen LogP contribution in [0.1, 0.15) is 11.8 Å². The summed E-state index contributed by atoms with van der Waals surface area (Å²) in [5.41, 5.74) is 0.735. The van der Waals surface area contributed by atoms with Crippen LogP contribution < -0.4 is 5.32 Å². The first-order chi connectivity index (χ1) is 8.26. The lowest BCUT2D eigenvalue weighted by Crippen LogP contribution is -2.25. The van der Waals surface area contributed by atoms with E-state index in [0.29, 0.717) is 18.1 Å². The van der Waals surface area contributed by atoms with Crippen molar-refractivity contribution in [3.05, 3.63) is 33.8 Å². The molecule has 2 rings (SSSR count). The van der Waals surface area contributed by atoms with Crippen LogP contribution in [0.5, 0.6) is 0 Å². The first kappa shape index (κ1) is 11.9. The van der Waals surface area contributed by atoms with Crippen molar-refractivity contribution in [1.82, 2.24) is 5.32 Å². The average Bonchev–Trinajstić information content (AvgIpc) is 2.84. The van der Waals surface area contributed by atoms with Gasteiger partial charge in [0.05, 0.1) is 11.5 Å². The van der Waals surface area contributed by atoms with Crippen LogP contribution in [-0.4, -0.2) is 17.8 Å². The molecule has 0 fully saturated rings. The van der Waals surface area contributed by atoms with Crippen LogP contribution in [0.15, 0.2) is 34.0 Å². The zero-order valence-corrected chi connectivity index (χ0v) is 10.6. The maximum atomic E-state index is 10.9. The van der Waals surface area contributed by atoms with E-state index in [9.17, 15) is 4.79 Å². The summed E-state index contributed by atoms with van der Waals surface area (Å²) in [5.74, 6) is 2.16. The Hall–Kier alpha value is -1.55. The van der Waals surface area contributed by atoms with Crippen LogP contribution in [0.3, 0.4) is 0 Å². The van der Waals surface area contributed by atoms with E-state index in [4.69, 9.17) is 16.3 Å². The highest BCUT2D eigenvalue weighted by molar-refractivity contribution is 7.11. The molecule has 1 N–H and O–H groups in total. The van der Waals surface area contributed by atoms with Gasteiger partial charge in [0.2, 0.25) is 5.29 Å². The normalized spacial score (nSPS) is 15.2. The monoisotopic (exact) mass is 268 g/mol. The van der Waals surface area contributed by atoms with E-state index in [1.54, 1.807) is 5.94 Å². The van der Waals surface area contributed by atoms with Crippen LogP contribution in [0.25, 0.3) is 5.70 Å². The quantitative estimate of drug-likeness (QED) is 0.676. The fourth-order valence-corrected chi connectivity index (χ4v) is 2.28. The van der Waals surface area contributed by atoms with E-state index >= 15 is 0 Å². The maximum Gasteiger partial charge on any atom is 0.201 e. The van der Waals surface area contributed by atoms with Gasteiger partial charge < -0.3 is 10.1 Å². The van der Waals surface area contributed by atoms with Crippen LogP contribution in [0.2, 0.25) is 0 Å². The molecule has 17 heavy (non-hydrogen) atoms. The first-order valence-electron chi connectivity index (χ1n) is 4.94. The third-order valence-corrected chi connectivity index (χ3v) is 3.08. The Kier molecular flexibility index (Phi) is 3.64. The molecule has 0 atom stereocenters. The van der Waals surface area contributed by atoms with E-state index in [2.05, 4.69) is 10.3 Å². The molecule has 6 heteroatoms. The summed E-state index contributed by atoms with van der Waals surface area (Å²) < 4.78 is 5.43. The van der Waals surface area contributed by atoms with Gasteiger partial charge in [0.15, 0.2) is 17.4 Å². The van der Waals surface area contributed by atoms with E-state index in [1.165, 1.54) is 11.3 Å². The topological polar surface area (TPSA) is 50.7 Å². The lowest BCUT2D eigenvalue weighted by Gasteiger charge is -2.17. The molecule has 0 aromatic carbocycles. The van der Waals surface area contributed by atoms with Crippen molar-refractivity contribution in [2.24, 2.45) is 4.99 Å². The lowest BCUT2D eigenvalue weighted by molar-refractivity contribution is 0.237. The predicted molar refractivity (Wildman–Crippen MR) is 68.5 cm³/mol. The van der Waals surface area contributed by atoms with Crippen molar-refractivity contribution in [2.45, 2.75) is 6.92 Å². The zero-order chi connectivity index (χ0) is 12.3. The third kappa shape index (κ3) is 2.42. The molecule has 4 nitrogen and oxygen atoms in total. The van der Waals surface area contributed by atoms with Gasteiger partial charge in [-0.05, 0) is 30.0 Å². The maximum absolute atomic E-state index is 10.9. The first-order valence-corrected chi connectivity index (χ1v) is 6.19. The lowest BCUT2D eigenvalue weighted by atomic mass is 10.2. The Morgan fingerprint density at radius 3 is 3.06 bits per heavy atom. The van der Waals surface area contributed by atoms with Gasteiger partial charge in [-0.3, -0.25) is 0 Å². The molecule has 0 saturated carbocycles. The summed E-state index contributed by atoms with van der Waals surface area (Å²) in [4.78, 5) is 15.9. The zero-order valence-electron chi connectivity index (χ0n) is 8.99. The summed E-state index contributed by atoms with van der Waals surface area (Å²) in [6.07, 6.45) is 0. The number of hydrogen-bond donors (Lipinski definition) is 1. The summed E-state index contributed by atoms with van der Waals surface area (Å²) in [6, 6.07) is 3.78. The van der Waals surface area contributed by atoms with Gasteiger partial charge in [-0.25, -0.2) is 9.79 Å². The number of amidine groups is 1. The number of nitrogens with one attached hydrogen (secondary N) is 1. The molecule has 1 aliphatic heterocycles. The SMILES string of the molecule is CCOC1=C(c2cccs2)N=C(Cl)NC1=C=O. The molecule has 0 aliphatic carbocycles. The smallest absolute Gasteiger partial charge is 0.201 e. The van der Waals surface area contributed by atoms with Gasteiger partial charge >= 0.3 is 0 Å². The number of halogens is 1. The molecule has 2 heterocycles. The standard InChI is InChI=1S/C11H9ClN2O2S/c1-2-16-10-7(6-15)13-11(12)14-9(10)8-4-3-5-17-8/h3-5H,2H2,1H3,(H,13,14). The number of hydrogen-bond acceptors (Lipinski definition) is 5. The van der Waals surface area contributed by atoms with E-state index in [-0.39, 0.29) is 11.0 Å². The molecule has 88 valence electrons. The van der Waals surface area contributed by atoms with Crippen molar-refractivity contribution in [3.63, 3.8) is 0 Å². The fourth-order valence-electron chi connectivity index (χ4n) is 1.39. The highest BCUT2D eigenvalue weighted by Gasteiger charge is 2.22. The second-order valence-electron chi connectivity index (χ2n) is 3.09. The van der Waals surface area contributed by atoms with Crippen molar-refractivity contribution in [2.75, 3.05) is 6.61 Å². The molecule has 0 amide bonds. The number of carbonyl (C=O) groups excluding carboxylic acids is 1. The van der Waals surface area contributed by atoms with Crippen molar-refractivity contribution >= 4 is 39.9 Å². The van der Waals surface area contributed by atoms with Gasteiger partial charge in [0, 0.05) is 0 Å². The Labute approximate surface area is 107 Å². The average molecular weight is 269 g/mol. The fraction of sp³-hybridized carbons (Fsp3) is 0.182. The number of aliphatic imine (C=N–C) groups is 1. The van der Waals surface area contributed by atoms with Gasteiger partial charge in [-0.1, -0.05) is 6.07 Å². The van der Waals surface area contributed by atoms with Gasteiger partial charge in [0.1, 0.15) is 5.70 Å². The second-order valence-corrected chi connectivity index (χ2v) is 4.40. The number of ether oxygens (including phenoxy) is 1. The summed E-state index contributed by atoms with van der Waals surface area (Å²) in [6.45, 7) is 2.27. The molecule has 0 unspecified atom stereocenters. The molecule has 0 radical (unpaired) electrons. The highest BCUT2D eigenvalue weighted by atomic mass is 35.5. The van der Waals surface area contributed by atoms with Crippen molar-refractivity contribution in [1.29, 1.82) is 0 Å². The summed E-state index contributed by atoms with van der Waals surface area (Å²) >= 11 is 7.32. The summed E-state index contributed by atoms with van der Waals surface area (Å²) in [7, 11) is 0. The number of thiophene rings is 1. The molecular weight excluding hydrogens is 260 g/mol. The molecule has 1 aliphatic rings. The summed E-state index contributed by atoms with van der Waals surface area (Å²) in [5, 5.41) is 4.68. The molecule has 1 aromatic rings. The van der Waals surface area contributed by atoms with E-state index in [0.717, 1.165) is 4.88 Å². The van der Waals surface area contributed by atoms with Crippen LogP contribution in [0.4, 0.5) is 0 Å². The molecular formula is C11H9ClN2O2S. The van der Waals surface area contributed by atoms with Gasteiger partial charge in [-0.15, -0.1) is 11.3 Å². The van der Waals surface area contributed by atoms with Crippen molar-refractivity contribution in [3.8, 4) is 0 Å². The Morgan fingerprint density at radius 2 is 2.47 bits per heavy atom. The van der Waals surface area contributed by atoms with E-state index < -0.39 is 0 Å². The molecule has 0 bridgehead atoms. The van der Waals surface area contributed by atoms with Crippen LogP contribution in [-0.2, 0) is 9.53 Å². The molecule has 0 spiro atoms. The molecule has 1 aromatic heterocycles. The Bertz CT molecular complexity index is 528. The van der Waals surface area contributed by atoms with E-state index in [1.807, 2.05) is 24.4 Å². The van der Waals surface area contributed by atoms with Crippen LogP contribution in [0, 0.1) is 0 Å². The molecule has 0 saturated heterocycles. The minimum Gasteiger partial charge on any atom is -0.489 e. The van der Waals surface area contributed by atoms with Crippen LogP contribution >= 0.6 is 22.9 Å². The largest absolute Gasteiger partial charge is 0.489 e. The number of rotatable bonds is 3. The Morgan fingerprint density at radius 1 is 1.65 bits per heavy atom. The number of nitrogens with zero attached hydrogens (tertiary/aromatic N) is 1. The van der Waals surface area contributed by atoms with Gasteiger partial charge in [-0.2, -0.15) is 0 Å². The Balaban J connectivity index is 2.57.